The second-order valence-electron chi connectivity index (χ2n) is 4.09. The lowest BCUT2D eigenvalue weighted by atomic mass is 10.2. The lowest BCUT2D eigenvalue weighted by Gasteiger charge is -2.01. The van der Waals surface area contributed by atoms with Gasteiger partial charge in [0, 0.05) is 5.56 Å². The third-order valence-electron chi connectivity index (χ3n) is 2.62. The molecule has 8 heteroatoms. The number of carboxylic acids is 1. The Balaban J connectivity index is 2.03. The molecule has 7 nitrogen and oxygen atoms in total. The predicted molar refractivity (Wildman–Crippen MR) is 79.8 cm³/mol. The van der Waals surface area contributed by atoms with Gasteiger partial charge in [0.25, 0.3) is 0 Å². The van der Waals surface area contributed by atoms with Gasteiger partial charge in [-0.1, -0.05) is 23.9 Å². The van der Waals surface area contributed by atoms with Crippen molar-refractivity contribution < 1.29 is 19.4 Å². The van der Waals surface area contributed by atoms with Crippen LogP contribution in [0.4, 0.5) is 0 Å². The minimum atomic E-state index is -1.03. The van der Waals surface area contributed by atoms with Crippen molar-refractivity contribution in [2.24, 2.45) is 10.2 Å². The van der Waals surface area contributed by atoms with Crippen LogP contribution in [0.2, 0.25) is 0 Å². The fraction of sp³-hybridized carbons (Fsp3) is 0.231. The molecule has 1 aliphatic heterocycles. The third kappa shape index (κ3) is 4.06. The Morgan fingerprint density at radius 3 is 3.00 bits per heavy atom. The number of hydrogen-bond donors (Lipinski definition) is 2. The molecule has 1 amide bonds. The number of hydrogen-bond acceptors (Lipinski definition) is 6. The Bertz CT molecular complexity index is 615. The molecular weight excluding hydrogens is 294 g/mol. The summed E-state index contributed by atoms with van der Waals surface area (Å²) in [7, 11) is 1.56. The number of carbonyl (C=O) groups is 2. The number of ether oxygens (including phenoxy) is 1. The van der Waals surface area contributed by atoms with Crippen molar-refractivity contribution in [1.29, 1.82) is 0 Å². The van der Waals surface area contributed by atoms with E-state index in [1.165, 1.54) is 6.21 Å². The van der Waals surface area contributed by atoms with E-state index in [0.717, 1.165) is 17.3 Å². The molecule has 1 unspecified atom stereocenters. The van der Waals surface area contributed by atoms with Crippen LogP contribution in [-0.2, 0) is 9.59 Å². The van der Waals surface area contributed by atoms with Crippen LogP contribution in [0.25, 0.3) is 0 Å². The number of carboxylic acid groups (broad SMARTS) is 1. The van der Waals surface area contributed by atoms with E-state index in [-0.39, 0.29) is 17.5 Å². The molecule has 0 aromatic heterocycles. The highest BCUT2D eigenvalue weighted by atomic mass is 32.2. The smallest absolute Gasteiger partial charge is 0.305 e. The third-order valence-corrected chi connectivity index (χ3v) is 3.69. The molecule has 1 atom stereocenters. The number of nitrogens with zero attached hydrogens (tertiary/aromatic N) is 2. The van der Waals surface area contributed by atoms with Gasteiger partial charge in [-0.15, -0.1) is 5.10 Å². The first-order valence-electron chi connectivity index (χ1n) is 6.03. The van der Waals surface area contributed by atoms with Crippen LogP contribution >= 0.6 is 11.8 Å². The van der Waals surface area contributed by atoms with Crippen LogP contribution in [0.3, 0.4) is 0 Å². The average molecular weight is 307 g/mol. The first-order chi connectivity index (χ1) is 10.1. The molecule has 1 aromatic carbocycles. The van der Waals surface area contributed by atoms with Crippen molar-refractivity contribution in [2.75, 3.05) is 7.11 Å². The van der Waals surface area contributed by atoms with Gasteiger partial charge in [-0.05, 0) is 12.1 Å². The number of methoxy groups -OCH3 is 1. The zero-order valence-corrected chi connectivity index (χ0v) is 12.0. The molecule has 0 spiro atoms. The summed E-state index contributed by atoms with van der Waals surface area (Å²) in [6, 6.07) is 7.29. The Hall–Kier alpha value is -2.35. The molecule has 1 heterocycles. The van der Waals surface area contributed by atoms with Crippen molar-refractivity contribution in [3.8, 4) is 5.75 Å². The maximum atomic E-state index is 11.5. The van der Waals surface area contributed by atoms with Crippen LogP contribution in [0.5, 0.6) is 5.75 Å². The second-order valence-corrected chi connectivity index (χ2v) is 5.28. The summed E-state index contributed by atoms with van der Waals surface area (Å²) < 4.78 is 5.17. The number of benzene rings is 1. The Morgan fingerprint density at radius 1 is 1.52 bits per heavy atom. The van der Waals surface area contributed by atoms with Gasteiger partial charge in [-0.2, -0.15) is 5.10 Å². The Kier molecular flexibility index (Phi) is 4.94. The Morgan fingerprint density at radius 2 is 2.29 bits per heavy atom. The molecule has 1 aliphatic rings. The van der Waals surface area contributed by atoms with Crippen LogP contribution in [-0.4, -0.2) is 40.7 Å². The molecule has 2 rings (SSSR count). The van der Waals surface area contributed by atoms with Crippen molar-refractivity contribution in [3.63, 3.8) is 0 Å². The number of para-hydroxylation sites is 1. The van der Waals surface area contributed by atoms with Crippen molar-refractivity contribution in [1.82, 2.24) is 5.32 Å². The van der Waals surface area contributed by atoms with Gasteiger partial charge >= 0.3 is 5.97 Å². The van der Waals surface area contributed by atoms with E-state index in [4.69, 9.17) is 9.84 Å². The molecule has 2 N–H and O–H groups in total. The molecule has 0 radical (unpaired) electrons. The molecular formula is C13H13N3O4S. The molecule has 110 valence electrons. The number of rotatable bonds is 5. The van der Waals surface area contributed by atoms with Crippen LogP contribution in [0.15, 0.2) is 34.5 Å². The monoisotopic (exact) mass is 307 g/mol. The summed E-state index contributed by atoms with van der Waals surface area (Å²) in [6.07, 6.45) is 1.26. The number of thioether (sulfide) groups is 1. The van der Waals surface area contributed by atoms with Gasteiger partial charge in [0.2, 0.25) is 5.91 Å². The standard InChI is InChI=1S/C13H13N3O4S/c1-20-9-5-3-2-4-8(9)7-14-16-13-15-12(19)10(21-13)6-11(17)18/h2-5,7,10H,6H2,1H3,(H,17,18)(H,15,16,19). The largest absolute Gasteiger partial charge is 0.496 e. The van der Waals surface area contributed by atoms with Crippen LogP contribution in [0, 0.1) is 0 Å². The zero-order chi connectivity index (χ0) is 15.2. The molecule has 1 aromatic rings. The van der Waals surface area contributed by atoms with Gasteiger partial charge in [0.05, 0.1) is 19.7 Å². The first-order valence-corrected chi connectivity index (χ1v) is 6.91. The maximum Gasteiger partial charge on any atom is 0.305 e. The van der Waals surface area contributed by atoms with Crippen LogP contribution in [0.1, 0.15) is 12.0 Å². The van der Waals surface area contributed by atoms with Crippen molar-refractivity contribution in [2.45, 2.75) is 11.7 Å². The van der Waals surface area contributed by atoms with Gasteiger partial charge < -0.3 is 15.2 Å². The fourth-order valence-corrected chi connectivity index (χ4v) is 2.58. The SMILES string of the molecule is COc1ccccc1C=N/N=C1\NC(=O)C(CC(=O)O)S1. The van der Waals surface area contributed by atoms with E-state index in [9.17, 15) is 9.59 Å². The molecule has 21 heavy (non-hydrogen) atoms. The molecule has 1 saturated heterocycles. The summed E-state index contributed by atoms with van der Waals surface area (Å²) in [5, 5.41) is 18.5. The van der Waals surface area contributed by atoms with E-state index in [2.05, 4.69) is 15.5 Å². The maximum absolute atomic E-state index is 11.5. The van der Waals surface area contributed by atoms with E-state index in [1.807, 2.05) is 18.2 Å². The van der Waals surface area contributed by atoms with E-state index >= 15 is 0 Å². The molecule has 1 fully saturated rings. The summed E-state index contributed by atoms with van der Waals surface area (Å²) in [5.74, 6) is -0.733. The van der Waals surface area contributed by atoms with E-state index in [1.54, 1.807) is 13.2 Å². The highest BCUT2D eigenvalue weighted by Gasteiger charge is 2.32. The molecule has 0 saturated carbocycles. The van der Waals surface area contributed by atoms with Gasteiger partial charge in [-0.25, -0.2) is 0 Å². The van der Waals surface area contributed by atoms with Crippen molar-refractivity contribution >= 4 is 35.0 Å². The van der Waals surface area contributed by atoms with Gasteiger partial charge in [0.1, 0.15) is 11.0 Å². The summed E-state index contributed by atoms with van der Waals surface area (Å²) in [6.45, 7) is 0. The lowest BCUT2D eigenvalue weighted by molar-refractivity contribution is -0.138. The number of amides is 1. The number of nitrogens with one attached hydrogen (secondary N) is 1. The molecule has 0 bridgehead atoms. The highest BCUT2D eigenvalue weighted by molar-refractivity contribution is 8.15. The number of aliphatic carboxylic acids is 1. The minimum Gasteiger partial charge on any atom is -0.496 e. The number of carbonyl (C=O) groups excluding carboxylic acids is 1. The highest BCUT2D eigenvalue weighted by Crippen LogP contribution is 2.22. The summed E-state index contributed by atoms with van der Waals surface area (Å²) in [4.78, 5) is 22.1. The normalized spacial score (nSPS) is 20.0. The first kappa shape index (κ1) is 15.0. The van der Waals surface area contributed by atoms with Gasteiger partial charge in [-0.3, -0.25) is 9.59 Å². The van der Waals surface area contributed by atoms with E-state index in [0.29, 0.717) is 5.75 Å². The van der Waals surface area contributed by atoms with Crippen molar-refractivity contribution in [3.05, 3.63) is 29.8 Å². The topological polar surface area (TPSA) is 100 Å². The molecule has 0 aliphatic carbocycles. The van der Waals surface area contributed by atoms with E-state index < -0.39 is 11.2 Å². The Labute approximate surface area is 125 Å². The quantitative estimate of drug-likeness (QED) is 0.626. The summed E-state index contributed by atoms with van der Waals surface area (Å²) in [5.41, 5.74) is 0.751. The number of amidine groups is 1. The lowest BCUT2D eigenvalue weighted by Crippen LogP contribution is -2.26. The van der Waals surface area contributed by atoms with Gasteiger partial charge in [0.15, 0.2) is 5.17 Å². The summed E-state index contributed by atoms with van der Waals surface area (Å²) >= 11 is 1.06. The predicted octanol–water partition coefficient (Wildman–Crippen LogP) is 1.09. The zero-order valence-electron chi connectivity index (χ0n) is 11.1. The second kappa shape index (κ2) is 6.89. The van der Waals surface area contributed by atoms with Crippen LogP contribution < -0.4 is 10.1 Å². The fourth-order valence-electron chi connectivity index (χ4n) is 1.66. The average Bonchev–Trinajstić information content (AvgIpc) is 2.79. The minimum absolute atomic E-state index is 0.244.